The zero-order valence-electron chi connectivity index (χ0n) is 3.38. The van der Waals surface area contributed by atoms with E-state index in [1.807, 2.05) is 0 Å². The van der Waals surface area contributed by atoms with Gasteiger partial charge in [0.2, 0.25) is 0 Å². The Morgan fingerprint density at radius 1 is 1.57 bits per heavy atom. The van der Waals surface area contributed by atoms with Crippen LogP contribution in [0.25, 0.3) is 0 Å². The molecule has 1 aromatic rings. The molecule has 0 fully saturated rings. The fraction of sp³-hybridized carbons (Fsp3) is 0. The van der Waals surface area contributed by atoms with E-state index >= 15 is 0 Å². The first-order valence-corrected chi connectivity index (χ1v) is 1.61. The maximum Gasteiger partial charge on any atom is 0.263 e. The van der Waals surface area contributed by atoms with E-state index < -0.39 is 0 Å². The molecule has 0 aliphatic heterocycles. The first-order chi connectivity index (χ1) is 2.89. The van der Waals surface area contributed by atoms with Gasteiger partial charge in [-0.1, -0.05) is 0 Å². The summed E-state index contributed by atoms with van der Waals surface area (Å²) in [6.45, 7) is 0. The molecule has 0 aliphatic rings. The Bertz CT molecular complexity index is 151. The zero-order valence-corrected chi connectivity index (χ0v) is 4.37. The van der Waals surface area contributed by atoms with Crippen LogP contribution < -0.4 is 5.56 Å². The van der Waals surface area contributed by atoms with Gasteiger partial charge in [-0.3, -0.25) is 9.89 Å². The molecule has 1 rings (SSSR count). The molecule has 0 unspecified atom stereocenters. The fourth-order valence-corrected chi connectivity index (χ4v) is 0.272. The van der Waals surface area contributed by atoms with Crippen molar-refractivity contribution in [1.29, 1.82) is 0 Å². The molecular formula is C3H4N2NiO. The van der Waals surface area contributed by atoms with E-state index in [0.717, 1.165) is 0 Å². The second-order valence-corrected chi connectivity index (χ2v) is 0.967. The van der Waals surface area contributed by atoms with Gasteiger partial charge in [0, 0.05) is 28.8 Å². The van der Waals surface area contributed by atoms with Gasteiger partial charge in [0.15, 0.2) is 0 Å². The average Bonchev–Trinajstić information content (AvgIpc) is 1.86. The molecule has 0 saturated carbocycles. The van der Waals surface area contributed by atoms with Gasteiger partial charge in [0.05, 0.1) is 0 Å². The number of H-pyrrole nitrogens is 2. The Hall–Kier alpha value is -0.496. The molecule has 0 atom stereocenters. The third kappa shape index (κ3) is 1.60. The molecule has 0 aromatic carbocycles. The summed E-state index contributed by atoms with van der Waals surface area (Å²) in [5, 5.41) is 4.81. The Balaban J connectivity index is 0.000000360. The van der Waals surface area contributed by atoms with Crippen LogP contribution in [0.1, 0.15) is 0 Å². The van der Waals surface area contributed by atoms with Crippen molar-refractivity contribution in [2.75, 3.05) is 0 Å². The number of aromatic nitrogens is 2. The maximum atomic E-state index is 9.98. The SMILES string of the molecule is O=c1cc[nH][nH]1.[Ni]. The predicted octanol–water partition coefficient (Wildman–Crippen LogP) is -0.300. The minimum Gasteiger partial charge on any atom is -0.305 e. The van der Waals surface area contributed by atoms with Crippen molar-refractivity contribution in [2.24, 2.45) is 0 Å². The van der Waals surface area contributed by atoms with E-state index in [-0.39, 0.29) is 22.1 Å². The molecule has 1 heterocycles. The van der Waals surface area contributed by atoms with Crippen molar-refractivity contribution in [3.63, 3.8) is 0 Å². The second-order valence-electron chi connectivity index (χ2n) is 0.967. The van der Waals surface area contributed by atoms with E-state index in [9.17, 15) is 4.79 Å². The average molecular weight is 143 g/mol. The van der Waals surface area contributed by atoms with Gasteiger partial charge in [-0.2, -0.15) is 0 Å². The molecule has 0 aliphatic carbocycles. The fourth-order valence-electron chi connectivity index (χ4n) is 0.272. The molecule has 0 spiro atoms. The monoisotopic (exact) mass is 142 g/mol. The van der Waals surface area contributed by atoms with Crippen LogP contribution >= 0.6 is 0 Å². The largest absolute Gasteiger partial charge is 0.305 e. The smallest absolute Gasteiger partial charge is 0.263 e. The summed E-state index contributed by atoms with van der Waals surface area (Å²) in [6.07, 6.45) is 1.54. The molecular weight excluding hydrogens is 139 g/mol. The van der Waals surface area contributed by atoms with Gasteiger partial charge in [0.25, 0.3) is 5.56 Å². The Labute approximate surface area is 50.0 Å². The molecule has 3 nitrogen and oxygen atoms in total. The molecule has 42 valence electrons. The van der Waals surface area contributed by atoms with E-state index in [1.54, 1.807) is 6.20 Å². The standard InChI is InChI=1S/C3H4N2O.Ni/c6-3-1-2-4-5-3;/h1-2H,(H2,4,5,6);. The Kier molecular flexibility index (Phi) is 2.45. The van der Waals surface area contributed by atoms with Gasteiger partial charge in [-0.05, 0) is 0 Å². The van der Waals surface area contributed by atoms with E-state index in [2.05, 4.69) is 10.2 Å². The molecule has 0 radical (unpaired) electrons. The topological polar surface area (TPSA) is 48.6 Å². The summed E-state index contributed by atoms with van der Waals surface area (Å²) in [4.78, 5) is 9.98. The van der Waals surface area contributed by atoms with E-state index in [1.165, 1.54) is 6.07 Å². The molecule has 2 N–H and O–H groups in total. The van der Waals surface area contributed by atoms with Gasteiger partial charge in [-0.25, -0.2) is 0 Å². The van der Waals surface area contributed by atoms with Crippen LogP contribution in [0.2, 0.25) is 0 Å². The first-order valence-electron chi connectivity index (χ1n) is 1.61. The second kappa shape index (κ2) is 2.64. The van der Waals surface area contributed by atoms with Crippen LogP contribution in [-0.4, -0.2) is 10.2 Å². The van der Waals surface area contributed by atoms with Gasteiger partial charge < -0.3 is 5.10 Å². The van der Waals surface area contributed by atoms with Crippen molar-refractivity contribution in [3.05, 3.63) is 22.6 Å². The van der Waals surface area contributed by atoms with Crippen LogP contribution in [0.5, 0.6) is 0 Å². The zero-order chi connectivity index (χ0) is 4.41. The minimum atomic E-state index is -0.0880. The summed E-state index contributed by atoms with van der Waals surface area (Å²) in [7, 11) is 0. The number of hydrogen-bond donors (Lipinski definition) is 2. The van der Waals surface area contributed by atoms with Gasteiger partial charge in [0.1, 0.15) is 0 Å². The number of hydrogen-bond acceptors (Lipinski definition) is 1. The van der Waals surface area contributed by atoms with Crippen molar-refractivity contribution in [1.82, 2.24) is 10.2 Å². The molecule has 4 heteroatoms. The summed E-state index contributed by atoms with van der Waals surface area (Å²) in [5.41, 5.74) is -0.0880. The molecule has 7 heavy (non-hydrogen) atoms. The number of rotatable bonds is 0. The van der Waals surface area contributed by atoms with E-state index in [4.69, 9.17) is 0 Å². The van der Waals surface area contributed by atoms with Crippen LogP contribution in [-0.2, 0) is 16.5 Å². The van der Waals surface area contributed by atoms with Gasteiger partial charge >= 0.3 is 0 Å². The predicted molar refractivity (Wildman–Crippen MR) is 21.4 cm³/mol. The third-order valence-corrected chi connectivity index (χ3v) is 0.513. The quantitative estimate of drug-likeness (QED) is 0.481. The number of aromatic amines is 2. The van der Waals surface area contributed by atoms with Crippen LogP contribution in [0, 0.1) is 0 Å². The minimum absolute atomic E-state index is 0. The normalized spacial score (nSPS) is 7.43. The van der Waals surface area contributed by atoms with Crippen molar-refractivity contribution < 1.29 is 16.5 Å². The summed E-state index contributed by atoms with van der Waals surface area (Å²) >= 11 is 0. The van der Waals surface area contributed by atoms with Crippen LogP contribution in [0.3, 0.4) is 0 Å². The van der Waals surface area contributed by atoms with E-state index in [0.29, 0.717) is 0 Å². The molecule has 0 bridgehead atoms. The summed E-state index contributed by atoms with van der Waals surface area (Å²) in [6, 6.07) is 1.42. The maximum absolute atomic E-state index is 9.98. The van der Waals surface area contributed by atoms with Crippen molar-refractivity contribution in [3.8, 4) is 0 Å². The molecule has 1 aromatic heterocycles. The molecule has 0 amide bonds. The van der Waals surface area contributed by atoms with Crippen LogP contribution in [0.4, 0.5) is 0 Å². The first kappa shape index (κ1) is 6.50. The van der Waals surface area contributed by atoms with Crippen LogP contribution in [0.15, 0.2) is 17.1 Å². The summed E-state index contributed by atoms with van der Waals surface area (Å²) in [5.74, 6) is 0. The van der Waals surface area contributed by atoms with Crippen molar-refractivity contribution in [2.45, 2.75) is 0 Å². The number of nitrogens with one attached hydrogen (secondary N) is 2. The summed E-state index contributed by atoms with van der Waals surface area (Å²) < 4.78 is 0. The molecule has 0 saturated heterocycles. The third-order valence-electron chi connectivity index (χ3n) is 0.513. The van der Waals surface area contributed by atoms with Gasteiger partial charge in [-0.15, -0.1) is 0 Å². The van der Waals surface area contributed by atoms with Crippen molar-refractivity contribution >= 4 is 0 Å². The Morgan fingerprint density at radius 2 is 2.29 bits per heavy atom. The Morgan fingerprint density at radius 3 is 2.43 bits per heavy atom.